The van der Waals surface area contributed by atoms with Crippen molar-refractivity contribution in [2.75, 3.05) is 19.7 Å². The predicted molar refractivity (Wildman–Crippen MR) is 59.7 cm³/mol. The summed E-state index contributed by atoms with van der Waals surface area (Å²) >= 11 is 0. The quantitative estimate of drug-likeness (QED) is 0.699. The Kier molecular flexibility index (Phi) is 4.73. The molecule has 1 atom stereocenters. The lowest BCUT2D eigenvalue weighted by molar-refractivity contribution is -0.137. The number of carbonyl (C=O) groups is 2. The van der Waals surface area contributed by atoms with Gasteiger partial charge in [0, 0.05) is 26.6 Å². The van der Waals surface area contributed by atoms with Gasteiger partial charge in [-0.3, -0.25) is 9.59 Å². The minimum Gasteiger partial charge on any atom is -0.396 e. The van der Waals surface area contributed by atoms with E-state index in [0.29, 0.717) is 19.0 Å². The number of carbonyl (C=O) groups excluding carboxylic acids is 2. The lowest BCUT2D eigenvalue weighted by Gasteiger charge is -2.32. The van der Waals surface area contributed by atoms with Gasteiger partial charge in [0.15, 0.2) is 0 Å². The Morgan fingerprint density at radius 2 is 2.00 bits per heavy atom. The van der Waals surface area contributed by atoms with Crippen molar-refractivity contribution < 1.29 is 14.7 Å². The van der Waals surface area contributed by atoms with Gasteiger partial charge in [-0.05, 0) is 25.7 Å². The third-order valence-corrected chi connectivity index (χ3v) is 2.97. The van der Waals surface area contributed by atoms with Crippen LogP contribution in [0.1, 0.15) is 26.7 Å². The lowest BCUT2D eigenvalue weighted by atomic mass is 9.97. The number of nitrogens with zero attached hydrogens (tertiary/aromatic N) is 1. The minimum atomic E-state index is -0.455. The average molecular weight is 228 g/mol. The summed E-state index contributed by atoms with van der Waals surface area (Å²) in [5.74, 6) is 0.0952. The second kappa shape index (κ2) is 5.84. The summed E-state index contributed by atoms with van der Waals surface area (Å²) in [6.45, 7) is 4.65. The topological polar surface area (TPSA) is 69.6 Å². The first-order valence-electron chi connectivity index (χ1n) is 5.71. The Morgan fingerprint density at radius 1 is 1.44 bits per heavy atom. The van der Waals surface area contributed by atoms with E-state index in [2.05, 4.69) is 5.32 Å². The lowest BCUT2D eigenvalue weighted by Crippen LogP contribution is -2.49. The van der Waals surface area contributed by atoms with Crippen LogP contribution in [0.25, 0.3) is 0 Å². The third kappa shape index (κ3) is 3.48. The standard InChI is InChI=1S/C11H20N2O3/c1-8(12-9(2)15)11(16)13-5-3-10(7-14)4-6-13/h8,10,14H,3-7H2,1-2H3,(H,12,15). The highest BCUT2D eigenvalue weighted by atomic mass is 16.3. The van der Waals surface area contributed by atoms with Crippen LogP contribution in [0.15, 0.2) is 0 Å². The molecule has 1 saturated heterocycles. The van der Waals surface area contributed by atoms with Gasteiger partial charge >= 0.3 is 0 Å². The van der Waals surface area contributed by atoms with Gasteiger partial charge in [0.1, 0.15) is 6.04 Å². The maximum Gasteiger partial charge on any atom is 0.244 e. The molecule has 1 fully saturated rings. The Bertz CT molecular complexity index is 260. The largest absolute Gasteiger partial charge is 0.396 e. The molecule has 16 heavy (non-hydrogen) atoms. The Hall–Kier alpha value is -1.10. The number of likely N-dealkylation sites (tertiary alicyclic amines) is 1. The Balaban J connectivity index is 2.40. The Morgan fingerprint density at radius 3 is 2.44 bits per heavy atom. The maximum absolute atomic E-state index is 11.9. The molecule has 5 heteroatoms. The molecule has 0 aromatic carbocycles. The molecule has 0 spiro atoms. The van der Waals surface area contributed by atoms with Gasteiger partial charge in [-0.2, -0.15) is 0 Å². The van der Waals surface area contributed by atoms with Crippen LogP contribution in [0.3, 0.4) is 0 Å². The second-order valence-electron chi connectivity index (χ2n) is 4.37. The summed E-state index contributed by atoms with van der Waals surface area (Å²) in [6, 6.07) is -0.455. The zero-order chi connectivity index (χ0) is 12.1. The monoisotopic (exact) mass is 228 g/mol. The van der Waals surface area contributed by atoms with Crippen LogP contribution in [0, 0.1) is 5.92 Å². The van der Waals surface area contributed by atoms with Crippen LogP contribution in [0.2, 0.25) is 0 Å². The van der Waals surface area contributed by atoms with Crippen molar-refractivity contribution in [1.82, 2.24) is 10.2 Å². The molecule has 0 radical (unpaired) electrons. The zero-order valence-corrected chi connectivity index (χ0v) is 9.90. The SMILES string of the molecule is CC(=O)NC(C)C(=O)N1CCC(CO)CC1. The molecule has 2 amide bonds. The molecule has 0 saturated carbocycles. The molecule has 0 bridgehead atoms. The van der Waals surface area contributed by atoms with E-state index in [-0.39, 0.29) is 18.4 Å². The van der Waals surface area contributed by atoms with E-state index in [9.17, 15) is 9.59 Å². The van der Waals surface area contributed by atoms with Gasteiger partial charge in [-0.1, -0.05) is 0 Å². The number of amides is 2. The summed E-state index contributed by atoms with van der Waals surface area (Å²) in [7, 11) is 0. The number of aliphatic hydroxyl groups excluding tert-OH is 1. The number of rotatable bonds is 3. The fourth-order valence-corrected chi connectivity index (χ4v) is 1.98. The van der Waals surface area contributed by atoms with Gasteiger partial charge < -0.3 is 15.3 Å². The summed E-state index contributed by atoms with van der Waals surface area (Å²) in [5, 5.41) is 11.6. The number of hydrogen-bond donors (Lipinski definition) is 2. The van der Waals surface area contributed by atoms with Crippen molar-refractivity contribution in [2.45, 2.75) is 32.7 Å². The van der Waals surface area contributed by atoms with Crippen LogP contribution >= 0.6 is 0 Å². The van der Waals surface area contributed by atoms with E-state index in [1.165, 1.54) is 6.92 Å². The summed E-state index contributed by atoms with van der Waals surface area (Å²) in [4.78, 5) is 24.5. The van der Waals surface area contributed by atoms with E-state index >= 15 is 0 Å². The summed E-state index contributed by atoms with van der Waals surface area (Å²) in [6.07, 6.45) is 1.68. The zero-order valence-electron chi connectivity index (χ0n) is 9.90. The number of aliphatic hydroxyl groups is 1. The molecule has 0 aromatic heterocycles. The highest BCUT2D eigenvalue weighted by Gasteiger charge is 2.25. The molecule has 0 aliphatic carbocycles. The van der Waals surface area contributed by atoms with Crippen molar-refractivity contribution >= 4 is 11.8 Å². The van der Waals surface area contributed by atoms with Crippen LogP contribution in [0.5, 0.6) is 0 Å². The van der Waals surface area contributed by atoms with Crippen molar-refractivity contribution in [3.05, 3.63) is 0 Å². The molecule has 0 aromatic rings. The number of nitrogens with one attached hydrogen (secondary N) is 1. The van der Waals surface area contributed by atoms with Gasteiger partial charge in [-0.15, -0.1) is 0 Å². The van der Waals surface area contributed by atoms with Crippen LogP contribution in [-0.2, 0) is 9.59 Å². The van der Waals surface area contributed by atoms with Crippen LogP contribution < -0.4 is 5.32 Å². The molecular formula is C11H20N2O3. The molecule has 1 unspecified atom stereocenters. The molecule has 1 aliphatic heterocycles. The van der Waals surface area contributed by atoms with Gasteiger partial charge in [0.25, 0.3) is 0 Å². The first-order valence-corrected chi connectivity index (χ1v) is 5.71. The van der Waals surface area contributed by atoms with Crippen molar-refractivity contribution in [2.24, 2.45) is 5.92 Å². The van der Waals surface area contributed by atoms with E-state index in [1.54, 1.807) is 11.8 Å². The van der Waals surface area contributed by atoms with Crippen LogP contribution in [0.4, 0.5) is 0 Å². The molecule has 2 N–H and O–H groups in total. The normalized spacial score (nSPS) is 19.3. The van der Waals surface area contributed by atoms with Crippen molar-refractivity contribution in [1.29, 1.82) is 0 Å². The number of hydrogen-bond acceptors (Lipinski definition) is 3. The molecule has 1 rings (SSSR count). The fourth-order valence-electron chi connectivity index (χ4n) is 1.98. The number of piperidine rings is 1. The van der Waals surface area contributed by atoms with Crippen molar-refractivity contribution in [3.63, 3.8) is 0 Å². The average Bonchev–Trinajstić information content (AvgIpc) is 2.27. The minimum absolute atomic E-state index is 0.0356. The van der Waals surface area contributed by atoms with E-state index in [4.69, 9.17) is 5.11 Å². The Labute approximate surface area is 95.8 Å². The predicted octanol–water partition coefficient (Wildman–Crippen LogP) is -0.258. The first kappa shape index (κ1) is 13.0. The summed E-state index contributed by atoms with van der Waals surface area (Å²) < 4.78 is 0. The molecular weight excluding hydrogens is 208 g/mol. The van der Waals surface area contributed by atoms with E-state index < -0.39 is 6.04 Å². The van der Waals surface area contributed by atoms with Gasteiger partial charge in [-0.25, -0.2) is 0 Å². The highest BCUT2D eigenvalue weighted by Crippen LogP contribution is 2.16. The highest BCUT2D eigenvalue weighted by molar-refractivity contribution is 5.86. The molecule has 1 aliphatic rings. The van der Waals surface area contributed by atoms with Gasteiger partial charge in [0.2, 0.25) is 11.8 Å². The fraction of sp³-hybridized carbons (Fsp3) is 0.818. The van der Waals surface area contributed by atoms with Crippen LogP contribution in [-0.4, -0.2) is 47.6 Å². The van der Waals surface area contributed by atoms with Gasteiger partial charge in [0.05, 0.1) is 0 Å². The molecule has 92 valence electrons. The second-order valence-corrected chi connectivity index (χ2v) is 4.37. The molecule has 5 nitrogen and oxygen atoms in total. The third-order valence-electron chi connectivity index (χ3n) is 2.97. The van der Waals surface area contributed by atoms with E-state index in [1.807, 2.05) is 0 Å². The van der Waals surface area contributed by atoms with E-state index in [0.717, 1.165) is 12.8 Å². The van der Waals surface area contributed by atoms with Crippen molar-refractivity contribution in [3.8, 4) is 0 Å². The first-order chi connectivity index (χ1) is 7.54. The smallest absolute Gasteiger partial charge is 0.244 e. The maximum atomic E-state index is 11.9. The molecule has 1 heterocycles. The summed E-state index contributed by atoms with van der Waals surface area (Å²) in [5.41, 5.74) is 0.